The maximum absolute atomic E-state index is 12.7. The molecule has 2 amide bonds. The minimum absolute atomic E-state index is 0.107. The summed E-state index contributed by atoms with van der Waals surface area (Å²) in [7, 11) is -3.56. The molecule has 35 heavy (non-hydrogen) atoms. The van der Waals surface area contributed by atoms with Gasteiger partial charge in [-0.25, -0.2) is 8.42 Å². The molecule has 13 heteroatoms. The number of nitrogens with zero attached hydrogens (tertiary/aromatic N) is 5. The van der Waals surface area contributed by atoms with E-state index in [9.17, 15) is 18.0 Å². The van der Waals surface area contributed by atoms with Gasteiger partial charge in [-0.05, 0) is 29.3 Å². The number of tetrazole rings is 1. The number of aromatic nitrogens is 4. The van der Waals surface area contributed by atoms with Gasteiger partial charge < -0.3 is 4.74 Å². The zero-order chi connectivity index (χ0) is 24.7. The second-order valence-electron chi connectivity index (χ2n) is 7.77. The summed E-state index contributed by atoms with van der Waals surface area (Å²) in [6.07, 6.45) is 0.486. The van der Waals surface area contributed by atoms with Gasteiger partial charge in [0.25, 0.3) is 5.91 Å². The average molecular weight is 500 g/mol. The van der Waals surface area contributed by atoms with Crippen LogP contribution in [0.4, 0.5) is 0 Å². The predicted molar refractivity (Wildman–Crippen MR) is 124 cm³/mol. The number of carbonyl (C=O) groups is 2. The lowest BCUT2D eigenvalue weighted by molar-refractivity contribution is -0.129. The highest BCUT2D eigenvalue weighted by Crippen LogP contribution is 2.18. The van der Waals surface area contributed by atoms with Crippen LogP contribution in [0.3, 0.4) is 0 Å². The third kappa shape index (κ3) is 6.47. The molecule has 3 aromatic rings. The van der Waals surface area contributed by atoms with Crippen molar-refractivity contribution in [2.24, 2.45) is 0 Å². The fraction of sp³-hybridized carbons (Fsp3) is 0.318. The fourth-order valence-corrected chi connectivity index (χ4v) is 4.81. The Balaban J connectivity index is 1.21. The van der Waals surface area contributed by atoms with Crippen LogP contribution in [-0.4, -0.2) is 71.0 Å². The first-order valence-electron chi connectivity index (χ1n) is 11.0. The van der Waals surface area contributed by atoms with Crippen LogP contribution >= 0.6 is 0 Å². The molecule has 1 aromatic heterocycles. The van der Waals surface area contributed by atoms with Crippen molar-refractivity contribution < 1.29 is 22.7 Å². The highest BCUT2D eigenvalue weighted by molar-refractivity contribution is 7.89. The summed E-state index contributed by atoms with van der Waals surface area (Å²) in [6, 6.07) is 15.7. The molecule has 1 aliphatic rings. The van der Waals surface area contributed by atoms with E-state index in [1.54, 1.807) is 12.1 Å². The Morgan fingerprint density at radius 1 is 0.943 bits per heavy atom. The number of sulfonamides is 1. The lowest BCUT2D eigenvalue weighted by atomic mass is 10.1. The Hall–Kier alpha value is -3.68. The third-order valence-electron chi connectivity index (χ3n) is 5.28. The Labute approximate surface area is 202 Å². The first-order valence-corrected chi connectivity index (χ1v) is 12.4. The van der Waals surface area contributed by atoms with E-state index < -0.39 is 15.9 Å². The number of nitrogens with one attached hydrogen (secondary N) is 2. The van der Waals surface area contributed by atoms with Crippen molar-refractivity contribution in [2.45, 2.75) is 24.3 Å². The SMILES string of the molecule is O=C(CCc1ccc(S(=O)(=O)N2CCOCC2)cc1)NNC(=O)Cn1nnc(-c2ccccc2)n1. The normalized spacial score (nSPS) is 14.4. The van der Waals surface area contributed by atoms with E-state index in [2.05, 4.69) is 26.3 Å². The number of carbonyl (C=O) groups excluding carboxylic acids is 2. The van der Waals surface area contributed by atoms with Gasteiger partial charge >= 0.3 is 0 Å². The zero-order valence-corrected chi connectivity index (χ0v) is 19.6. The Kier molecular flexibility index (Phi) is 7.80. The molecule has 12 nitrogen and oxygen atoms in total. The van der Waals surface area contributed by atoms with Gasteiger partial charge in [-0.1, -0.05) is 42.5 Å². The Morgan fingerprint density at radius 2 is 1.63 bits per heavy atom. The number of benzene rings is 2. The highest BCUT2D eigenvalue weighted by atomic mass is 32.2. The first kappa shape index (κ1) is 24.4. The summed E-state index contributed by atoms with van der Waals surface area (Å²) < 4.78 is 31.9. The molecular formula is C22H25N7O5S. The second kappa shape index (κ2) is 11.2. The quantitative estimate of drug-likeness (QED) is 0.416. The van der Waals surface area contributed by atoms with Crippen LogP contribution in [0.25, 0.3) is 11.4 Å². The molecule has 0 radical (unpaired) electrons. The molecule has 2 heterocycles. The van der Waals surface area contributed by atoms with Crippen LogP contribution in [0.15, 0.2) is 59.5 Å². The number of ether oxygens (including phenoxy) is 1. The molecule has 0 saturated carbocycles. The summed E-state index contributed by atoms with van der Waals surface area (Å²) >= 11 is 0. The van der Waals surface area contributed by atoms with Crippen LogP contribution in [0.1, 0.15) is 12.0 Å². The van der Waals surface area contributed by atoms with E-state index >= 15 is 0 Å². The highest BCUT2D eigenvalue weighted by Gasteiger charge is 2.26. The van der Waals surface area contributed by atoms with E-state index in [4.69, 9.17) is 4.74 Å². The fourth-order valence-electron chi connectivity index (χ4n) is 3.40. The number of morpholine rings is 1. The lowest BCUT2D eigenvalue weighted by Crippen LogP contribution is -2.43. The number of hydrogen-bond acceptors (Lipinski definition) is 8. The first-order chi connectivity index (χ1) is 16.9. The molecule has 2 N–H and O–H groups in total. The molecule has 1 aliphatic heterocycles. The lowest BCUT2D eigenvalue weighted by Gasteiger charge is -2.26. The number of hydrogen-bond donors (Lipinski definition) is 2. The minimum atomic E-state index is -3.56. The van der Waals surface area contributed by atoms with Gasteiger partial charge in [0, 0.05) is 25.1 Å². The van der Waals surface area contributed by atoms with Crippen LogP contribution < -0.4 is 10.9 Å². The molecule has 184 valence electrons. The van der Waals surface area contributed by atoms with E-state index in [0.29, 0.717) is 38.5 Å². The van der Waals surface area contributed by atoms with Crippen molar-refractivity contribution in [3.05, 3.63) is 60.2 Å². The molecule has 1 saturated heterocycles. The van der Waals surface area contributed by atoms with Crippen LogP contribution in [0.2, 0.25) is 0 Å². The molecule has 0 bridgehead atoms. The average Bonchev–Trinajstić information content (AvgIpc) is 3.36. The van der Waals surface area contributed by atoms with E-state index in [0.717, 1.165) is 15.9 Å². The predicted octanol–water partition coefficient (Wildman–Crippen LogP) is 0.141. The van der Waals surface area contributed by atoms with Gasteiger partial charge in [0.15, 0.2) is 0 Å². The molecular weight excluding hydrogens is 474 g/mol. The molecule has 0 spiro atoms. The number of hydrazine groups is 1. The third-order valence-corrected chi connectivity index (χ3v) is 7.20. The van der Waals surface area contributed by atoms with E-state index in [1.807, 2.05) is 30.3 Å². The molecule has 2 aromatic carbocycles. The van der Waals surface area contributed by atoms with Crippen LogP contribution in [0, 0.1) is 0 Å². The van der Waals surface area contributed by atoms with Gasteiger partial charge in [-0.2, -0.15) is 9.10 Å². The summed E-state index contributed by atoms with van der Waals surface area (Å²) in [5, 5.41) is 11.9. The summed E-state index contributed by atoms with van der Waals surface area (Å²) in [5.41, 5.74) is 6.24. The second-order valence-corrected chi connectivity index (χ2v) is 9.70. The van der Waals surface area contributed by atoms with Crippen molar-refractivity contribution in [1.82, 2.24) is 35.4 Å². The summed E-state index contributed by atoms with van der Waals surface area (Å²) in [5.74, 6) is -0.501. The largest absolute Gasteiger partial charge is 0.379 e. The van der Waals surface area contributed by atoms with E-state index in [-0.39, 0.29) is 23.8 Å². The van der Waals surface area contributed by atoms with Crippen molar-refractivity contribution in [2.75, 3.05) is 26.3 Å². The van der Waals surface area contributed by atoms with Crippen LogP contribution in [-0.2, 0) is 37.3 Å². The zero-order valence-electron chi connectivity index (χ0n) is 18.8. The maximum atomic E-state index is 12.7. The van der Waals surface area contributed by atoms with Crippen molar-refractivity contribution in [3.63, 3.8) is 0 Å². The maximum Gasteiger partial charge on any atom is 0.262 e. The Morgan fingerprint density at radius 3 is 2.34 bits per heavy atom. The molecule has 0 atom stereocenters. The van der Waals surface area contributed by atoms with Gasteiger partial charge in [0.05, 0.1) is 18.1 Å². The number of rotatable bonds is 8. The van der Waals surface area contributed by atoms with Gasteiger partial charge in [-0.15, -0.1) is 10.2 Å². The van der Waals surface area contributed by atoms with Gasteiger partial charge in [-0.3, -0.25) is 20.4 Å². The molecule has 1 fully saturated rings. The van der Waals surface area contributed by atoms with Crippen molar-refractivity contribution >= 4 is 21.8 Å². The molecule has 0 aliphatic carbocycles. The number of aryl methyl sites for hydroxylation is 1. The molecule has 4 rings (SSSR count). The van der Waals surface area contributed by atoms with E-state index in [1.165, 1.54) is 16.4 Å². The topological polar surface area (TPSA) is 148 Å². The van der Waals surface area contributed by atoms with Gasteiger partial charge in [0.1, 0.15) is 6.54 Å². The Bertz CT molecular complexity index is 1260. The van der Waals surface area contributed by atoms with Crippen molar-refractivity contribution in [3.8, 4) is 11.4 Å². The summed E-state index contributed by atoms with van der Waals surface area (Å²) in [6.45, 7) is 1.22. The number of amides is 2. The minimum Gasteiger partial charge on any atom is -0.379 e. The summed E-state index contributed by atoms with van der Waals surface area (Å²) in [4.78, 5) is 25.5. The van der Waals surface area contributed by atoms with Crippen molar-refractivity contribution in [1.29, 1.82) is 0 Å². The van der Waals surface area contributed by atoms with Crippen LogP contribution in [0.5, 0.6) is 0 Å². The molecule has 0 unspecified atom stereocenters. The standard InChI is InChI=1S/C22H25N7O5S/c30-20(23-24-21(31)16-29-26-22(25-27-29)18-4-2-1-3-5-18)11-8-17-6-9-19(10-7-17)35(32,33)28-12-14-34-15-13-28/h1-7,9-10H,8,11-16H2,(H,23,30)(H,24,31). The smallest absolute Gasteiger partial charge is 0.262 e. The monoisotopic (exact) mass is 499 g/mol. The van der Waals surface area contributed by atoms with Gasteiger partial charge in [0.2, 0.25) is 21.8 Å².